The minimum Gasteiger partial charge on any atom is -0.481 e. The number of rotatable bonds is 4. The van der Waals surface area contributed by atoms with Crippen LogP contribution in [0, 0.1) is 0 Å². The third-order valence-corrected chi connectivity index (χ3v) is 2.54. The SMILES string of the molecule is COC(=O)COc1cc(Cl)ccc1-c1ccco1. The summed E-state index contributed by atoms with van der Waals surface area (Å²) in [6.07, 6.45) is 1.56. The number of hydrogen-bond donors (Lipinski definition) is 0. The van der Waals surface area contributed by atoms with Crippen LogP contribution in [0.4, 0.5) is 0 Å². The van der Waals surface area contributed by atoms with Crippen LogP contribution >= 0.6 is 11.6 Å². The summed E-state index contributed by atoms with van der Waals surface area (Å²) in [6, 6.07) is 8.70. The standard InChI is InChI=1S/C13H11ClO4/c1-16-13(15)8-18-12-7-9(14)4-5-10(12)11-3-2-6-17-11/h2-7H,8H2,1H3. The number of carbonyl (C=O) groups excluding carboxylic acids is 1. The van der Waals surface area contributed by atoms with Gasteiger partial charge >= 0.3 is 5.97 Å². The zero-order valence-electron chi connectivity index (χ0n) is 9.68. The Hall–Kier alpha value is -1.94. The Balaban J connectivity index is 2.27. The monoisotopic (exact) mass is 266 g/mol. The van der Waals surface area contributed by atoms with Gasteiger partial charge in [0.05, 0.1) is 18.9 Å². The highest BCUT2D eigenvalue weighted by atomic mass is 35.5. The molecule has 5 heteroatoms. The van der Waals surface area contributed by atoms with E-state index in [1.807, 2.05) is 0 Å². The highest BCUT2D eigenvalue weighted by Gasteiger charge is 2.11. The number of ether oxygens (including phenoxy) is 2. The second-order valence-corrected chi connectivity index (χ2v) is 3.92. The van der Waals surface area contributed by atoms with Crippen molar-refractivity contribution in [3.8, 4) is 17.1 Å². The Labute approximate surface area is 109 Å². The molecule has 0 aliphatic carbocycles. The van der Waals surface area contributed by atoms with Crippen molar-refractivity contribution in [2.24, 2.45) is 0 Å². The van der Waals surface area contributed by atoms with Crippen LogP contribution in [0.25, 0.3) is 11.3 Å². The highest BCUT2D eigenvalue weighted by Crippen LogP contribution is 2.32. The molecule has 0 bridgehead atoms. The minimum atomic E-state index is -0.458. The summed E-state index contributed by atoms with van der Waals surface area (Å²) in [5, 5.41) is 0.519. The molecule has 0 aliphatic rings. The molecule has 0 atom stereocenters. The third kappa shape index (κ3) is 2.84. The largest absolute Gasteiger partial charge is 0.481 e. The van der Waals surface area contributed by atoms with E-state index in [0.717, 1.165) is 5.56 Å². The van der Waals surface area contributed by atoms with E-state index in [-0.39, 0.29) is 6.61 Å². The van der Waals surface area contributed by atoms with Crippen LogP contribution in [0.15, 0.2) is 41.0 Å². The average Bonchev–Trinajstić information content (AvgIpc) is 2.89. The average molecular weight is 267 g/mol. The zero-order valence-corrected chi connectivity index (χ0v) is 10.4. The van der Waals surface area contributed by atoms with E-state index >= 15 is 0 Å². The lowest BCUT2D eigenvalue weighted by molar-refractivity contribution is -0.142. The Kier molecular flexibility index (Phi) is 3.89. The molecule has 1 aromatic carbocycles. The van der Waals surface area contributed by atoms with Gasteiger partial charge in [-0.1, -0.05) is 11.6 Å². The molecule has 0 fully saturated rings. The van der Waals surface area contributed by atoms with Crippen molar-refractivity contribution in [1.29, 1.82) is 0 Å². The number of furan rings is 1. The van der Waals surface area contributed by atoms with Gasteiger partial charge in [0.15, 0.2) is 6.61 Å². The number of halogens is 1. The molecule has 0 spiro atoms. The van der Waals surface area contributed by atoms with Gasteiger partial charge in [-0.25, -0.2) is 4.79 Å². The van der Waals surface area contributed by atoms with Gasteiger partial charge in [0, 0.05) is 5.02 Å². The quantitative estimate of drug-likeness (QED) is 0.798. The van der Waals surface area contributed by atoms with E-state index < -0.39 is 5.97 Å². The molecule has 1 aromatic heterocycles. The molecule has 2 aromatic rings. The van der Waals surface area contributed by atoms with Crippen molar-refractivity contribution in [3.05, 3.63) is 41.6 Å². The maximum Gasteiger partial charge on any atom is 0.343 e. The minimum absolute atomic E-state index is 0.176. The Bertz CT molecular complexity index is 534. The summed E-state index contributed by atoms with van der Waals surface area (Å²) in [5.74, 6) is 0.662. The summed E-state index contributed by atoms with van der Waals surface area (Å²) < 4.78 is 15.2. The molecule has 0 radical (unpaired) electrons. The van der Waals surface area contributed by atoms with Gasteiger partial charge in [-0.05, 0) is 30.3 Å². The summed E-state index contributed by atoms with van der Waals surface area (Å²) in [6.45, 7) is -0.176. The van der Waals surface area contributed by atoms with Crippen LogP contribution in [0.3, 0.4) is 0 Å². The first-order valence-electron chi connectivity index (χ1n) is 5.24. The van der Waals surface area contributed by atoms with E-state index in [0.29, 0.717) is 16.5 Å². The topological polar surface area (TPSA) is 48.7 Å². The van der Waals surface area contributed by atoms with Gasteiger partial charge in [0.1, 0.15) is 11.5 Å². The Morgan fingerprint density at radius 1 is 1.39 bits per heavy atom. The molecule has 94 valence electrons. The van der Waals surface area contributed by atoms with Crippen molar-refractivity contribution in [1.82, 2.24) is 0 Å². The molecule has 18 heavy (non-hydrogen) atoms. The van der Waals surface area contributed by atoms with Crippen LogP contribution in [0.2, 0.25) is 5.02 Å². The molecule has 0 N–H and O–H groups in total. The van der Waals surface area contributed by atoms with Crippen LogP contribution < -0.4 is 4.74 Å². The van der Waals surface area contributed by atoms with Gasteiger partial charge in [-0.3, -0.25) is 0 Å². The lowest BCUT2D eigenvalue weighted by atomic mass is 10.1. The molecule has 0 aliphatic heterocycles. The fourth-order valence-electron chi connectivity index (χ4n) is 1.45. The van der Waals surface area contributed by atoms with E-state index in [9.17, 15) is 4.79 Å². The first-order valence-corrected chi connectivity index (χ1v) is 5.61. The smallest absolute Gasteiger partial charge is 0.343 e. The number of esters is 1. The van der Waals surface area contributed by atoms with E-state index in [2.05, 4.69) is 4.74 Å². The van der Waals surface area contributed by atoms with E-state index in [4.69, 9.17) is 20.8 Å². The lowest BCUT2D eigenvalue weighted by Gasteiger charge is -2.09. The summed E-state index contributed by atoms with van der Waals surface area (Å²) in [4.78, 5) is 11.1. The highest BCUT2D eigenvalue weighted by molar-refractivity contribution is 6.30. The molecule has 0 amide bonds. The molecule has 0 saturated heterocycles. The first kappa shape index (κ1) is 12.5. The van der Waals surface area contributed by atoms with Crippen LogP contribution in [0.1, 0.15) is 0 Å². The van der Waals surface area contributed by atoms with Crippen LogP contribution in [-0.2, 0) is 9.53 Å². The molecule has 4 nitrogen and oxygen atoms in total. The molecule has 0 unspecified atom stereocenters. The molecule has 0 saturated carbocycles. The molecular formula is C13H11ClO4. The van der Waals surface area contributed by atoms with E-state index in [1.54, 1.807) is 36.6 Å². The molecule has 2 rings (SSSR count). The predicted molar refractivity (Wildman–Crippen MR) is 66.7 cm³/mol. The zero-order chi connectivity index (χ0) is 13.0. The maximum atomic E-state index is 11.1. The van der Waals surface area contributed by atoms with Gasteiger partial charge < -0.3 is 13.9 Å². The van der Waals surface area contributed by atoms with E-state index in [1.165, 1.54) is 7.11 Å². The summed E-state index contributed by atoms with van der Waals surface area (Å²) in [5.41, 5.74) is 0.730. The Morgan fingerprint density at radius 3 is 2.89 bits per heavy atom. The molecular weight excluding hydrogens is 256 g/mol. The predicted octanol–water partition coefficient (Wildman–Crippen LogP) is 3.15. The number of carbonyl (C=O) groups is 1. The third-order valence-electron chi connectivity index (χ3n) is 2.30. The first-order chi connectivity index (χ1) is 8.70. The van der Waals surface area contributed by atoms with Gasteiger partial charge in [-0.2, -0.15) is 0 Å². The Morgan fingerprint density at radius 2 is 2.22 bits per heavy atom. The lowest BCUT2D eigenvalue weighted by Crippen LogP contribution is -2.12. The van der Waals surface area contributed by atoms with Crippen molar-refractivity contribution >= 4 is 17.6 Å². The van der Waals surface area contributed by atoms with Crippen LogP contribution in [-0.4, -0.2) is 19.7 Å². The van der Waals surface area contributed by atoms with Gasteiger partial charge in [0.25, 0.3) is 0 Å². The normalized spacial score (nSPS) is 10.1. The second kappa shape index (κ2) is 5.60. The number of methoxy groups -OCH3 is 1. The number of benzene rings is 1. The van der Waals surface area contributed by atoms with Gasteiger partial charge in [0.2, 0.25) is 0 Å². The van der Waals surface area contributed by atoms with Crippen molar-refractivity contribution in [2.45, 2.75) is 0 Å². The van der Waals surface area contributed by atoms with Crippen molar-refractivity contribution in [2.75, 3.05) is 13.7 Å². The van der Waals surface area contributed by atoms with Crippen molar-refractivity contribution in [3.63, 3.8) is 0 Å². The summed E-state index contributed by atoms with van der Waals surface area (Å²) in [7, 11) is 1.30. The summed E-state index contributed by atoms with van der Waals surface area (Å²) >= 11 is 5.90. The number of hydrogen-bond acceptors (Lipinski definition) is 4. The van der Waals surface area contributed by atoms with Crippen molar-refractivity contribution < 1.29 is 18.7 Å². The maximum absolute atomic E-state index is 11.1. The second-order valence-electron chi connectivity index (χ2n) is 3.48. The fraction of sp³-hybridized carbons (Fsp3) is 0.154. The van der Waals surface area contributed by atoms with Gasteiger partial charge in [-0.15, -0.1) is 0 Å². The fourth-order valence-corrected chi connectivity index (χ4v) is 1.61. The molecule has 1 heterocycles. The van der Waals surface area contributed by atoms with Crippen LogP contribution in [0.5, 0.6) is 5.75 Å².